The first kappa shape index (κ1) is 20.8. The van der Waals surface area contributed by atoms with Gasteiger partial charge in [-0.2, -0.15) is 0 Å². The van der Waals surface area contributed by atoms with Crippen LogP contribution < -0.4 is 10.9 Å². The van der Waals surface area contributed by atoms with E-state index >= 15 is 0 Å². The second-order valence-electron chi connectivity index (χ2n) is 7.49. The summed E-state index contributed by atoms with van der Waals surface area (Å²) in [6.07, 6.45) is 0. The van der Waals surface area contributed by atoms with E-state index in [1.165, 1.54) is 22.7 Å². The van der Waals surface area contributed by atoms with E-state index in [0.29, 0.717) is 5.82 Å². The monoisotopic (exact) mass is 438 g/mol. The molecule has 0 unspecified atom stereocenters. The Morgan fingerprint density at radius 2 is 1.84 bits per heavy atom. The molecule has 0 aliphatic heterocycles. The number of rotatable bonds is 4. The fraction of sp³-hybridized carbons (Fsp3) is 0.174. The molecule has 4 rings (SSSR count). The number of aromatic nitrogens is 3. The molecule has 0 saturated carbocycles. The third-order valence-electron chi connectivity index (χ3n) is 5.32. The fourth-order valence-corrected chi connectivity index (χ4v) is 3.59. The Balaban J connectivity index is 1.69. The van der Waals surface area contributed by atoms with Crippen LogP contribution >= 0.6 is 11.6 Å². The maximum absolute atomic E-state index is 13.1. The Kier molecular flexibility index (Phi) is 5.37. The smallest absolute Gasteiger partial charge is 0.275 e. The van der Waals surface area contributed by atoms with Gasteiger partial charge in [0.15, 0.2) is 5.82 Å². The van der Waals surface area contributed by atoms with Crippen molar-refractivity contribution in [3.05, 3.63) is 92.1 Å². The minimum absolute atomic E-state index is 0.0370. The van der Waals surface area contributed by atoms with E-state index < -0.39 is 11.5 Å². The lowest BCUT2D eigenvalue weighted by Crippen LogP contribution is -2.26. The van der Waals surface area contributed by atoms with Crippen LogP contribution in [0.4, 0.5) is 4.39 Å². The van der Waals surface area contributed by atoms with Crippen molar-refractivity contribution in [1.82, 2.24) is 19.9 Å². The predicted molar refractivity (Wildman–Crippen MR) is 118 cm³/mol. The molecule has 158 valence electrons. The summed E-state index contributed by atoms with van der Waals surface area (Å²) in [4.78, 5) is 28.2. The maximum Gasteiger partial charge on any atom is 0.275 e. The van der Waals surface area contributed by atoms with Crippen LogP contribution in [0.15, 0.2) is 53.3 Å². The molecule has 1 amide bonds. The highest BCUT2D eigenvalue weighted by atomic mass is 35.5. The van der Waals surface area contributed by atoms with Gasteiger partial charge in [0.25, 0.3) is 11.5 Å². The van der Waals surface area contributed by atoms with Gasteiger partial charge in [-0.3, -0.25) is 9.59 Å². The minimum Gasteiger partial charge on any atom is -0.345 e. The molecule has 2 aromatic carbocycles. The number of halogens is 2. The van der Waals surface area contributed by atoms with Crippen molar-refractivity contribution in [3.8, 4) is 11.4 Å². The molecule has 2 aromatic heterocycles. The molecule has 0 fully saturated rings. The number of carbonyl (C=O) groups is 1. The van der Waals surface area contributed by atoms with E-state index in [1.807, 2.05) is 32.0 Å². The van der Waals surface area contributed by atoms with Gasteiger partial charge in [0, 0.05) is 5.56 Å². The van der Waals surface area contributed by atoms with Crippen LogP contribution in [0.1, 0.15) is 40.0 Å². The number of carbonyl (C=O) groups excluding carboxylic acids is 1. The molecule has 1 atom stereocenters. The van der Waals surface area contributed by atoms with Gasteiger partial charge in [-0.05, 0) is 61.7 Å². The molecule has 0 spiro atoms. The molecule has 0 aliphatic carbocycles. The van der Waals surface area contributed by atoms with Crippen LogP contribution in [-0.4, -0.2) is 20.5 Å². The van der Waals surface area contributed by atoms with Crippen LogP contribution in [0.3, 0.4) is 0 Å². The lowest BCUT2D eigenvalue weighted by Gasteiger charge is -2.14. The zero-order valence-corrected chi connectivity index (χ0v) is 17.9. The average molecular weight is 439 g/mol. The second-order valence-corrected chi connectivity index (χ2v) is 7.85. The zero-order chi connectivity index (χ0) is 22.3. The third-order valence-corrected chi connectivity index (χ3v) is 5.69. The summed E-state index contributed by atoms with van der Waals surface area (Å²) < 4.78 is 14.4. The number of amides is 1. The van der Waals surface area contributed by atoms with Gasteiger partial charge >= 0.3 is 0 Å². The van der Waals surface area contributed by atoms with E-state index in [9.17, 15) is 14.0 Å². The largest absolute Gasteiger partial charge is 0.345 e. The van der Waals surface area contributed by atoms with Gasteiger partial charge in [-0.1, -0.05) is 35.9 Å². The van der Waals surface area contributed by atoms with Crippen LogP contribution in [-0.2, 0) is 0 Å². The summed E-state index contributed by atoms with van der Waals surface area (Å²) in [5, 5.41) is 7.29. The van der Waals surface area contributed by atoms with Crippen LogP contribution in [0.5, 0.6) is 0 Å². The molecule has 0 radical (unpaired) electrons. The zero-order valence-electron chi connectivity index (χ0n) is 17.2. The molecule has 6 nitrogen and oxygen atoms in total. The standard InChI is InChI=1S/C23H20ClFN4O2/c1-12-4-5-16(10-13(12)2)21-27-23(31)19-11-18(20(24)29(19)28-21)22(30)26-14(3)15-6-8-17(25)9-7-15/h4-11,14H,1-3H3,(H,26,30)(H,27,28,31)/t14-/m1/s1. The van der Waals surface area contributed by atoms with Gasteiger partial charge in [0.2, 0.25) is 0 Å². The average Bonchev–Trinajstić information content (AvgIpc) is 3.08. The number of aromatic amines is 1. The van der Waals surface area contributed by atoms with Crippen molar-refractivity contribution in [2.24, 2.45) is 0 Å². The molecule has 0 saturated heterocycles. The van der Waals surface area contributed by atoms with Crippen molar-refractivity contribution in [3.63, 3.8) is 0 Å². The van der Waals surface area contributed by atoms with Crippen LogP contribution in [0.2, 0.25) is 5.15 Å². The number of hydrogen-bond acceptors (Lipinski definition) is 3. The minimum atomic E-state index is -0.459. The van der Waals surface area contributed by atoms with Crippen molar-refractivity contribution >= 4 is 23.0 Å². The van der Waals surface area contributed by atoms with Gasteiger partial charge in [0.1, 0.15) is 16.5 Å². The van der Waals surface area contributed by atoms with Crippen LogP contribution in [0.25, 0.3) is 16.9 Å². The SMILES string of the molecule is Cc1ccc(-c2nn3c(Cl)c(C(=O)N[C@H](C)c4ccc(F)cc4)cc3c(=O)[nH]2)cc1C. The van der Waals surface area contributed by atoms with Crippen molar-refractivity contribution in [2.75, 3.05) is 0 Å². The van der Waals surface area contributed by atoms with Gasteiger partial charge in [-0.15, -0.1) is 5.10 Å². The molecule has 31 heavy (non-hydrogen) atoms. The number of aryl methyl sites for hydroxylation is 2. The third kappa shape index (κ3) is 3.96. The molecular formula is C23H20ClFN4O2. The first-order valence-corrected chi connectivity index (χ1v) is 10.1. The molecule has 2 heterocycles. The Bertz CT molecular complexity index is 1360. The van der Waals surface area contributed by atoms with Gasteiger partial charge < -0.3 is 10.3 Å². The van der Waals surface area contributed by atoms with E-state index in [2.05, 4.69) is 15.4 Å². The number of hydrogen-bond donors (Lipinski definition) is 2. The summed E-state index contributed by atoms with van der Waals surface area (Å²) in [6.45, 7) is 5.75. The Hall–Kier alpha value is -3.45. The highest BCUT2D eigenvalue weighted by molar-refractivity contribution is 6.33. The quantitative estimate of drug-likeness (QED) is 0.489. The summed E-state index contributed by atoms with van der Waals surface area (Å²) >= 11 is 6.43. The van der Waals surface area contributed by atoms with Gasteiger partial charge in [-0.25, -0.2) is 8.91 Å². The van der Waals surface area contributed by atoms with E-state index in [-0.39, 0.29) is 28.1 Å². The summed E-state index contributed by atoms with van der Waals surface area (Å²) in [5.41, 5.74) is 3.55. The number of nitrogens with one attached hydrogen (secondary N) is 2. The molecule has 0 bridgehead atoms. The van der Waals surface area contributed by atoms with E-state index in [1.54, 1.807) is 19.1 Å². The molecule has 8 heteroatoms. The Morgan fingerprint density at radius 3 is 2.52 bits per heavy atom. The van der Waals surface area contributed by atoms with E-state index in [4.69, 9.17) is 11.6 Å². The maximum atomic E-state index is 13.1. The van der Waals surface area contributed by atoms with Gasteiger partial charge in [0.05, 0.1) is 11.6 Å². The summed E-state index contributed by atoms with van der Waals surface area (Å²) in [6, 6.07) is 12.6. The van der Waals surface area contributed by atoms with Crippen molar-refractivity contribution in [1.29, 1.82) is 0 Å². The van der Waals surface area contributed by atoms with Crippen LogP contribution in [0, 0.1) is 19.7 Å². The molecule has 2 N–H and O–H groups in total. The second kappa shape index (κ2) is 8.00. The van der Waals surface area contributed by atoms with Crippen molar-refractivity contribution in [2.45, 2.75) is 26.8 Å². The summed E-state index contributed by atoms with van der Waals surface area (Å²) in [5.74, 6) is -0.460. The number of fused-ring (bicyclic) bond motifs is 1. The number of H-pyrrole nitrogens is 1. The first-order chi connectivity index (χ1) is 14.7. The number of benzene rings is 2. The van der Waals surface area contributed by atoms with E-state index in [0.717, 1.165) is 22.3 Å². The molecular weight excluding hydrogens is 419 g/mol. The fourth-order valence-electron chi connectivity index (χ4n) is 3.32. The molecule has 4 aromatic rings. The lowest BCUT2D eigenvalue weighted by atomic mass is 10.1. The molecule has 0 aliphatic rings. The van der Waals surface area contributed by atoms with Crippen molar-refractivity contribution < 1.29 is 9.18 Å². The highest BCUT2D eigenvalue weighted by Gasteiger charge is 2.21. The Labute approximate surface area is 182 Å². The summed E-state index contributed by atoms with van der Waals surface area (Å²) in [7, 11) is 0. The normalized spacial score (nSPS) is 12.2. The topological polar surface area (TPSA) is 79.3 Å². The first-order valence-electron chi connectivity index (χ1n) is 9.70. The lowest BCUT2D eigenvalue weighted by molar-refractivity contribution is 0.0940. The number of nitrogens with zero attached hydrogens (tertiary/aromatic N) is 2. The Morgan fingerprint density at radius 1 is 1.13 bits per heavy atom. The highest BCUT2D eigenvalue weighted by Crippen LogP contribution is 2.23. The predicted octanol–water partition coefficient (Wildman–Crippen LogP) is 4.59.